The molecule has 2 heterocycles. The Labute approximate surface area is 153 Å². The number of fused-ring (bicyclic) bond motifs is 1. The third-order valence-corrected chi connectivity index (χ3v) is 6.83. The highest BCUT2D eigenvalue weighted by molar-refractivity contribution is 7.17. The number of ether oxygens (including phenoxy) is 1. The van der Waals surface area contributed by atoms with Crippen molar-refractivity contribution in [2.45, 2.75) is 37.8 Å². The summed E-state index contributed by atoms with van der Waals surface area (Å²) in [6, 6.07) is 0.453. The first-order chi connectivity index (χ1) is 12.0. The van der Waals surface area contributed by atoms with Gasteiger partial charge < -0.3 is 20.3 Å². The second kappa shape index (κ2) is 6.85. The lowest BCUT2D eigenvalue weighted by Crippen LogP contribution is -2.48. The Morgan fingerprint density at radius 3 is 2.68 bits per heavy atom. The third kappa shape index (κ3) is 3.68. The Hall–Kier alpha value is -1.18. The highest BCUT2D eigenvalue weighted by atomic mass is 32.1. The van der Waals surface area contributed by atoms with E-state index in [4.69, 9.17) is 10.5 Å². The van der Waals surface area contributed by atoms with Gasteiger partial charge in [0.25, 0.3) is 5.91 Å². The van der Waals surface area contributed by atoms with E-state index in [0.717, 1.165) is 38.5 Å². The fourth-order valence-electron chi connectivity index (χ4n) is 4.37. The van der Waals surface area contributed by atoms with Crippen LogP contribution in [0.5, 0.6) is 0 Å². The Bertz CT molecular complexity index is 630. The van der Waals surface area contributed by atoms with E-state index in [1.165, 1.54) is 24.2 Å². The summed E-state index contributed by atoms with van der Waals surface area (Å²) >= 11 is 1.28. The van der Waals surface area contributed by atoms with E-state index in [1.807, 2.05) is 4.90 Å². The quantitative estimate of drug-likeness (QED) is 0.864. The van der Waals surface area contributed by atoms with Gasteiger partial charge in [-0.05, 0) is 57.5 Å². The number of anilines is 1. The molecule has 0 aromatic carbocycles. The zero-order valence-corrected chi connectivity index (χ0v) is 15.9. The molecule has 0 unspecified atom stereocenters. The maximum absolute atomic E-state index is 12.7. The standard InChI is InChI=1S/C18H28N4O2S/c1-21(2)14-5-12-8-22(17(23)16-7-20-18(19)25-16)9-13(12)6-15(14)24-10-11-3-4-11/h7,11-15H,3-6,8-10H2,1-2H3,(H2,19,20)/t12-,13+,14-,15-/m1/s1. The van der Waals surface area contributed by atoms with Crippen LogP contribution in [0.15, 0.2) is 6.20 Å². The number of nitrogens with zero attached hydrogens (tertiary/aromatic N) is 3. The van der Waals surface area contributed by atoms with Crippen molar-refractivity contribution in [3.8, 4) is 0 Å². The summed E-state index contributed by atoms with van der Waals surface area (Å²) in [6.07, 6.45) is 6.73. The maximum atomic E-state index is 12.7. The van der Waals surface area contributed by atoms with Gasteiger partial charge in [-0.25, -0.2) is 4.98 Å². The van der Waals surface area contributed by atoms with Crippen molar-refractivity contribution < 1.29 is 9.53 Å². The molecular weight excluding hydrogens is 336 g/mol. The Morgan fingerprint density at radius 1 is 1.36 bits per heavy atom. The minimum atomic E-state index is 0.0838. The highest BCUT2D eigenvalue weighted by Gasteiger charge is 2.45. The van der Waals surface area contributed by atoms with Crippen LogP contribution >= 0.6 is 11.3 Å². The summed E-state index contributed by atoms with van der Waals surface area (Å²) in [6.45, 7) is 2.60. The lowest BCUT2D eigenvalue weighted by Gasteiger charge is -2.41. The van der Waals surface area contributed by atoms with Gasteiger partial charge in [-0.15, -0.1) is 0 Å². The van der Waals surface area contributed by atoms with Crippen molar-refractivity contribution >= 4 is 22.4 Å². The van der Waals surface area contributed by atoms with E-state index in [1.54, 1.807) is 6.20 Å². The molecule has 4 atom stereocenters. The number of thiazole rings is 1. The van der Waals surface area contributed by atoms with Crippen LogP contribution in [-0.4, -0.2) is 66.6 Å². The molecule has 1 amide bonds. The number of nitrogen functional groups attached to an aromatic ring is 1. The van der Waals surface area contributed by atoms with Crippen molar-refractivity contribution in [2.75, 3.05) is 39.5 Å². The fourth-order valence-corrected chi connectivity index (χ4v) is 5.02. The largest absolute Gasteiger partial charge is 0.376 e. The van der Waals surface area contributed by atoms with Gasteiger partial charge in [-0.3, -0.25) is 4.79 Å². The molecule has 1 saturated heterocycles. The lowest BCUT2D eigenvalue weighted by atomic mass is 9.77. The Kier molecular flexibility index (Phi) is 4.73. The number of hydrogen-bond acceptors (Lipinski definition) is 6. The second-order valence-corrected chi connectivity index (χ2v) is 9.17. The van der Waals surface area contributed by atoms with Gasteiger partial charge in [0.2, 0.25) is 0 Å². The van der Waals surface area contributed by atoms with Crippen molar-refractivity contribution in [3.63, 3.8) is 0 Å². The molecule has 6 nitrogen and oxygen atoms in total. The predicted octanol–water partition coefficient (Wildman–Crippen LogP) is 1.93. The molecule has 3 fully saturated rings. The summed E-state index contributed by atoms with van der Waals surface area (Å²) in [5.41, 5.74) is 5.68. The van der Waals surface area contributed by atoms with Crippen molar-refractivity contribution in [1.29, 1.82) is 0 Å². The molecule has 1 aromatic rings. The molecule has 1 aromatic heterocycles. The number of likely N-dealkylation sites (N-methyl/N-ethyl adjacent to an activating group) is 1. The van der Waals surface area contributed by atoms with Crippen LogP contribution in [-0.2, 0) is 4.74 Å². The molecule has 138 valence electrons. The highest BCUT2D eigenvalue weighted by Crippen LogP contribution is 2.40. The number of carbonyl (C=O) groups excluding carboxylic acids is 1. The SMILES string of the molecule is CN(C)[C@@H]1C[C@@H]2CN(C(=O)c3cnc(N)s3)C[C@@H]2C[C@H]1OCC1CC1. The summed E-state index contributed by atoms with van der Waals surface area (Å²) in [5, 5.41) is 0.459. The average molecular weight is 365 g/mol. The predicted molar refractivity (Wildman–Crippen MR) is 98.6 cm³/mol. The summed E-state index contributed by atoms with van der Waals surface area (Å²) in [7, 11) is 4.30. The molecule has 2 aliphatic carbocycles. The topological polar surface area (TPSA) is 71.7 Å². The van der Waals surface area contributed by atoms with Gasteiger partial charge in [0.05, 0.1) is 12.3 Å². The number of nitrogens with two attached hydrogens (primary N) is 1. The van der Waals surface area contributed by atoms with E-state index in [2.05, 4.69) is 24.0 Å². The molecule has 0 bridgehead atoms. The van der Waals surface area contributed by atoms with Gasteiger partial charge in [0.1, 0.15) is 4.88 Å². The summed E-state index contributed by atoms with van der Waals surface area (Å²) < 4.78 is 6.30. The third-order valence-electron chi connectivity index (χ3n) is 6.01. The van der Waals surface area contributed by atoms with Gasteiger partial charge in [-0.1, -0.05) is 11.3 Å². The maximum Gasteiger partial charge on any atom is 0.265 e. The second-order valence-electron chi connectivity index (χ2n) is 8.11. The van der Waals surface area contributed by atoms with E-state index in [-0.39, 0.29) is 5.91 Å². The van der Waals surface area contributed by atoms with E-state index < -0.39 is 0 Å². The zero-order chi connectivity index (χ0) is 17.6. The molecule has 3 aliphatic rings. The Morgan fingerprint density at radius 2 is 2.08 bits per heavy atom. The van der Waals surface area contributed by atoms with Crippen LogP contribution in [0.25, 0.3) is 0 Å². The number of rotatable bonds is 5. The smallest absolute Gasteiger partial charge is 0.265 e. The van der Waals surface area contributed by atoms with Crippen LogP contribution < -0.4 is 5.73 Å². The van der Waals surface area contributed by atoms with E-state index >= 15 is 0 Å². The van der Waals surface area contributed by atoms with Gasteiger partial charge in [0, 0.05) is 25.7 Å². The molecule has 2 N–H and O–H groups in total. The minimum Gasteiger partial charge on any atom is -0.376 e. The van der Waals surface area contributed by atoms with Gasteiger partial charge >= 0.3 is 0 Å². The molecule has 1 aliphatic heterocycles. The number of hydrogen-bond donors (Lipinski definition) is 1. The first-order valence-corrected chi connectivity index (χ1v) is 10.1. The summed E-state index contributed by atoms with van der Waals surface area (Å²) in [4.78, 5) is 21.7. The van der Waals surface area contributed by atoms with E-state index in [0.29, 0.717) is 34.0 Å². The lowest BCUT2D eigenvalue weighted by molar-refractivity contribution is -0.0493. The minimum absolute atomic E-state index is 0.0838. The molecular formula is C18H28N4O2S. The first kappa shape index (κ1) is 17.2. The first-order valence-electron chi connectivity index (χ1n) is 9.30. The number of aromatic nitrogens is 1. The molecule has 0 spiro atoms. The van der Waals surface area contributed by atoms with Gasteiger partial charge in [0.15, 0.2) is 5.13 Å². The van der Waals surface area contributed by atoms with Crippen LogP contribution in [0.2, 0.25) is 0 Å². The van der Waals surface area contributed by atoms with E-state index in [9.17, 15) is 4.79 Å². The zero-order valence-electron chi connectivity index (χ0n) is 15.1. The van der Waals surface area contributed by atoms with Crippen molar-refractivity contribution in [2.24, 2.45) is 17.8 Å². The number of likely N-dealkylation sites (tertiary alicyclic amines) is 1. The van der Waals surface area contributed by atoms with Crippen LogP contribution in [0.4, 0.5) is 5.13 Å². The monoisotopic (exact) mass is 364 g/mol. The van der Waals surface area contributed by atoms with Gasteiger partial charge in [-0.2, -0.15) is 0 Å². The van der Waals surface area contributed by atoms with Crippen LogP contribution in [0.3, 0.4) is 0 Å². The average Bonchev–Trinajstić information content (AvgIpc) is 3.16. The number of carbonyl (C=O) groups is 1. The van der Waals surface area contributed by atoms with Crippen LogP contribution in [0.1, 0.15) is 35.4 Å². The Balaban J connectivity index is 1.41. The fraction of sp³-hybridized carbons (Fsp3) is 0.778. The molecule has 4 rings (SSSR count). The summed E-state index contributed by atoms with van der Waals surface area (Å²) in [5.74, 6) is 2.00. The van der Waals surface area contributed by atoms with Crippen LogP contribution in [0, 0.1) is 17.8 Å². The van der Waals surface area contributed by atoms with Crippen molar-refractivity contribution in [3.05, 3.63) is 11.1 Å². The number of amides is 1. The molecule has 7 heteroatoms. The molecule has 0 radical (unpaired) electrons. The molecule has 2 saturated carbocycles. The van der Waals surface area contributed by atoms with Crippen molar-refractivity contribution in [1.82, 2.24) is 14.8 Å². The molecule has 25 heavy (non-hydrogen) atoms. The normalized spacial score (nSPS) is 32.2.